The Morgan fingerprint density at radius 2 is 1.90 bits per heavy atom. The van der Waals surface area contributed by atoms with Gasteiger partial charge >= 0.3 is 0 Å². The van der Waals surface area contributed by atoms with Crippen LogP contribution < -0.4 is 5.32 Å². The highest BCUT2D eigenvalue weighted by atomic mass is 16.2. The van der Waals surface area contributed by atoms with E-state index in [0.29, 0.717) is 18.0 Å². The van der Waals surface area contributed by atoms with Crippen molar-refractivity contribution in [2.75, 3.05) is 26.7 Å². The van der Waals surface area contributed by atoms with Gasteiger partial charge in [-0.3, -0.25) is 9.69 Å². The Kier molecular flexibility index (Phi) is 4.32. The molecule has 0 radical (unpaired) electrons. The molecular weight excluding hydrogens is 250 g/mol. The number of nitrogens with zero attached hydrogens (tertiary/aromatic N) is 2. The normalized spacial score (nSPS) is 30.4. The molecule has 2 atom stereocenters. The van der Waals surface area contributed by atoms with E-state index in [2.05, 4.69) is 17.1 Å². The molecule has 4 heteroatoms. The molecule has 1 N–H and O–H groups in total. The third-order valence-electron chi connectivity index (χ3n) is 5.62. The number of carbonyl (C=O) groups excluding carboxylic acids is 1. The summed E-state index contributed by atoms with van der Waals surface area (Å²) in [5.74, 6) is 1.14. The van der Waals surface area contributed by atoms with Crippen molar-refractivity contribution in [3.63, 3.8) is 0 Å². The summed E-state index contributed by atoms with van der Waals surface area (Å²) in [4.78, 5) is 17.4. The van der Waals surface area contributed by atoms with Crippen LogP contribution in [0, 0.1) is 5.92 Å². The first-order valence-electron chi connectivity index (χ1n) is 8.41. The number of amides is 1. The van der Waals surface area contributed by atoms with Crippen LogP contribution in [-0.4, -0.2) is 60.5 Å². The first-order chi connectivity index (χ1) is 9.68. The standard InChI is InChI=1S/C16H29N3O/c1-12(13-5-6-13)18(2)16(20)15-4-3-11-19(15)14-7-9-17-10-8-14/h12-15,17H,3-11H2,1-2H3. The highest BCUT2D eigenvalue weighted by molar-refractivity contribution is 5.82. The highest BCUT2D eigenvalue weighted by Crippen LogP contribution is 2.35. The van der Waals surface area contributed by atoms with E-state index in [9.17, 15) is 4.79 Å². The minimum atomic E-state index is 0.157. The second-order valence-electron chi connectivity index (χ2n) is 6.90. The Balaban J connectivity index is 1.62. The van der Waals surface area contributed by atoms with Crippen LogP contribution in [0.5, 0.6) is 0 Å². The molecule has 3 fully saturated rings. The SMILES string of the molecule is CC(C1CC1)N(C)C(=O)C1CCCN1C1CCNCC1. The average molecular weight is 279 g/mol. The summed E-state index contributed by atoms with van der Waals surface area (Å²) in [5.41, 5.74) is 0. The van der Waals surface area contributed by atoms with Gasteiger partial charge in [0.2, 0.25) is 5.91 Å². The zero-order chi connectivity index (χ0) is 14.1. The fraction of sp³-hybridized carbons (Fsp3) is 0.938. The second-order valence-corrected chi connectivity index (χ2v) is 6.90. The van der Waals surface area contributed by atoms with Crippen LogP contribution in [0.1, 0.15) is 45.4 Å². The molecule has 1 saturated carbocycles. The molecule has 0 spiro atoms. The second kappa shape index (κ2) is 6.02. The topological polar surface area (TPSA) is 35.6 Å². The van der Waals surface area contributed by atoms with Crippen molar-refractivity contribution in [2.24, 2.45) is 5.92 Å². The molecule has 3 rings (SSSR count). The predicted molar refractivity (Wildman–Crippen MR) is 80.6 cm³/mol. The maximum atomic E-state index is 12.8. The molecule has 0 aromatic carbocycles. The fourth-order valence-electron chi connectivity index (χ4n) is 3.96. The van der Waals surface area contributed by atoms with Crippen LogP contribution in [0.2, 0.25) is 0 Å². The number of hydrogen-bond acceptors (Lipinski definition) is 3. The van der Waals surface area contributed by atoms with E-state index < -0.39 is 0 Å². The van der Waals surface area contributed by atoms with Gasteiger partial charge in [-0.25, -0.2) is 0 Å². The van der Waals surface area contributed by atoms with Gasteiger partial charge in [0.15, 0.2) is 0 Å². The van der Waals surface area contributed by atoms with Crippen LogP contribution in [0.15, 0.2) is 0 Å². The molecule has 0 bridgehead atoms. The third kappa shape index (κ3) is 2.86. The molecule has 1 amide bonds. The average Bonchev–Trinajstić information content (AvgIpc) is 3.22. The maximum Gasteiger partial charge on any atom is 0.239 e. The molecule has 0 aromatic heterocycles. The number of rotatable bonds is 4. The Morgan fingerprint density at radius 3 is 2.55 bits per heavy atom. The minimum Gasteiger partial charge on any atom is -0.341 e. The smallest absolute Gasteiger partial charge is 0.239 e. The van der Waals surface area contributed by atoms with Crippen LogP contribution in [0.25, 0.3) is 0 Å². The van der Waals surface area contributed by atoms with Crippen LogP contribution in [0.3, 0.4) is 0 Å². The molecule has 0 aromatic rings. The van der Waals surface area contributed by atoms with Gasteiger partial charge in [0, 0.05) is 19.1 Å². The Hall–Kier alpha value is -0.610. The van der Waals surface area contributed by atoms with Crippen molar-refractivity contribution in [1.82, 2.24) is 15.1 Å². The molecule has 20 heavy (non-hydrogen) atoms. The Labute approximate surface area is 122 Å². The number of carbonyl (C=O) groups is 1. The maximum absolute atomic E-state index is 12.8. The van der Waals surface area contributed by atoms with E-state index in [-0.39, 0.29) is 6.04 Å². The number of likely N-dealkylation sites (N-methyl/N-ethyl adjacent to an activating group) is 1. The molecule has 114 valence electrons. The van der Waals surface area contributed by atoms with Gasteiger partial charge in [0.25, 0.3) is 0 Å². The van der Waals surface area contributed by atoms with Gasteiger partial charge in [0.05, 0.1) is 6.04 Å². The summed E-state index contributed by atoms with van der Waals surface area (Å²) in [7, 11) is 2.02. The van der Waals surface area contributed by atoms with E-state index in [1.165, 1.54) is 32.1 Å². The minimum absolute atomic E-state index is 0.157. The van der Waals surface area contributed by atoms with Crippen molar-refractivity contribution >= 4 is 5.91 Å². The Morgan fingerprint density at radius 1 is 1.20 bits per heavy atom. The van der Waals surface area contributed by atoms with Crippen LogP contribution in [0.4, 0.5) is 0 Å². The number of likely N-dealkylation sites (tertiary alicyclic amines) is 1. The van der Waals surface area contributed by atoms with E-state index in [1.807, 2.05) is 11.9 Å². The van der Waals surface area contributed by atoms with E-state index >= 15 is 0 Å². The van der Waals surface area contributed by atoms with Crippen molar-refractivity contribution in [3.05, 3.63) is 0 Å². The van der Waals surface area contributed by atoms with Gasteiger partial charge in [0.1, 0.15) is 0 Å². The summed E-state index contributed by atoms with van der Waals surface area (Å²) >= 11 is 0. The lowest BCUT2D eigenvalue weighted by molar-refractivity contribution is -0.137. The van der Waals surface area contributed by atoms with Crippen LogP contribution >= 0.6 is 0 Å². The quantitative estimate of drug-likeness (QED) is 0.846. The lowest BCUT2D eigenvalue weighted by Crippen LogP contribution is -2.52. The monoisotopic (exact) mass is 279 g/mol. The number of hydrogen-bond donors (Lipinski definition) is 1. The molecule has 2 unspecified atom stereocenters. The molecule has 1 aliphatic carbocycles. The summed E-state index contributed by atoms with van der Waals surface area (Å²) in [5, 5.41) is 3.42. The molecule has 2 heterocycles. The molecular formula is C16H29N3O. The zero-order valence-electron chi connectivity index (χ0n) is 13.0. The van der Waals surface area contributed by atoms with Crippen LogP contribution in [-0.2, 0) is 4.79 Å². The lowest BCUT2D eigenvalue weighted by atomic mass is 10.0. The molecule has 3 aliphatic rings. The van der Waals surface area contributed by atoms with Crippen molar-refractivity contribution in [3.8, 4) is 0 Å². The summed E-state index contributed by atoms with van der Waals surface area (Å²) < 4.78 is 0. The largest absolute Gasteiger partial charge is 0.341 e. The van der Waals surface area contributed by atoms with Gasteiger partial charge < -0.3 is 10.2 Å². The fourth-order valence-corrected chi connectivity index (χ4v) is 3.96. The predicted octanol–water partition coefficient (Wildman–Crippen LogP) is 1.46. The van der Waals surface area contributed by atoms with Crippen molar-refractivity contribution < 1.29 is 4.79 Å². The highest BCUT2D eigenvalue weighted by Gasteiger charge is 2.40. The first kappa shape index (κ1) is 14.3. The van der Waals surface area contributed by atoms with Gasteiger partial charge in [-0.1, -0.05) is 0 Å². The number of nitrogens with one attached hydrogen (secondary N) is 1. The zero-order valence-corrected chi connectivity index (χ0v) is 13.0. The summed E-state index contributed by atoms with van der Waals surface area (Å²) in [6.45, 7) is 5.55. The third-order valence-corrected chi connectivity index (χ3v) is 5.62. The van der Waals surface area contributed by atoms with Gasteiger partial charge in [-0.15, -0.1) is 0 Å². The van der Waals surface area contributed by atoms with E-state index in [1.54, 1.807) is 0 Å². The number of piperidine rings is 1. The van der Waals surface area contributed by atoms with Crippen molar-refractivity contribution in [1.29, 1.82) is 0 Å². The summed E-state index contributed by atoms with van der Waals surface area (Å²) in [6.07, 6.45) is 7.26. The lowest BCUT2D eigenvalue weighted by Gasteiger charge is -2.37. The first-order valence-corrected chi connectivity index (χ1v) is 8.41. The van der Waals surface area contributed by atoms with Gasteiger partial charge in [-0.2, -0.15) is 0 Å². The molecule has 4 nitrogen and oxygen atoms in total. The van der Waals surface area contributed by atoms with E-state index in [4.69, 9.17) is 0 Å². The van der Waals surface area contributed by atoms with Crippen molar-refractivity contribution in [2.45, 2.75) is 63.6 Å². The Bertz CT molecular complexity index is 350. The van der Waals surface area contributed by atoms with E-state index in [0.717, 1.165) is 32.0 Å². The summed E-state index contributed by atoms with van der Waals surface area (Å²) in [6, 6.07) is 1.21. The van der Waals surface area contributed by atoms with Gasteiger partial charge in [-0.05, 0) is 71.0 Å². The molecule has 2 aliphatic heterocycles. The molecule has 2 saturated heterocycles.